The number of ether oxygens (including phenoxy) is 1. The minimum absolute atomic E-state index is 0.0168. The number of hydrogen-bond donors (Lipinski definition) is 2. The molecule has 0 amide bonds. The van der Waals surface area contributed by atoms with Crippen LogP contribution in [0.5, 0.6) is 11.5 Å². The van der Waals surface area contributed by atoms with E-state index in [4.69, 9.17) is 10.5 Å². The molecule has 2 aromatic rings. The zero-order valence-corrected chi connectivity index (χ0v) is 19.7. The fourth-order valence-corrected chi connectivity index (χ4v) is 5.03. The summed E-state index contributed by atoms with van der Waals surface area (Å²) in [5, 5.41) is 20.5. The summed E-state index contributed by atoms with van der Waals surface area (Å²) in [5.41, 5.74) is 9.39. The number of halogens is 1. The number of ketones is 1. The number of nitrogens with two attached hydrogens (primary N) is 1. The van der Waals surface area contributed by atoms with Crippen molar-refractivity contribution in [3.05, 3.63) is 75.2 Å². The molecular weight excluding hydrogens is 470 g/mol. The summed E-state index contributed by atoms with van der Waals surface area (Å²) in [5.74, 6) is -0.118. The molecule has 7 heteroatoms. The summed E-state index contributed by atoms with van der Waals surface area (Å²) < 4.78 is 6.03. The molecule has 1 heterocycles. The maximum atomic E-state index is 13.5. The van der Waals surface area contributed by atoms with E-state index in [0.29, 0.717) is 29.7 Å². The topological polar surface area (TPSA) is 99.6 Å². The van der Waals surface area contributed by atoms with Gasteiger partial charge in [0.2, 0.25) is 0 Å². The van der Waals surface area contributed by atoms with Crippen molar-refractivity contribution in [2.75, 3.05) is 12.0 Å². The van der Waals surface area contributed by atoms with Gasteiger partial charge in [-0.3, -0.25) is 9.69 Å². The first kappa shape index (κ1) is 22.0. The van der Waals surface area contributed by atoms with Crippen LogP contribution in [0, 0.1) is 16.7 Å². The normalized spacial score (nSPS) is 20.2. The molecule has 0 saturated carbocycles. The first-order valence-corrected chi connectivity index (χ1v) is 11.0. The molecule has 1 aliphatic heterocycles. The molecule has 32 heavy (non-hydrogen) atoms. The molecule has 3 N–H and O–H groups in total. The lowest BCUT2D eigenvalue weighted by molar-refractivity contribution is -0.118. The van der Waals surface area contributed by atoms with Crippen molar-refractivity contribution in [1.29, 1.82) is 5.26 Å². The highest BCUT2D eigenvalue weighted by Gasteiger charge is 2.44. The van der Waals surface area contributed by atoms with Crippen LogP contribution in [0.15, 0.2) is 69.6 Å². The first-order chi connectivity index (χ1) is 15.2. The SMILES string of the molecule is COc1ccc(C2C(C#N)=C(N)N(c3cccc(Br)c3)C3=C2C(=O)CC(C)(C)C3)cc1O. The number of Topliss-reactive ketones (excluding diaryl/α,β-unsaturated/α-hetero) is 1. The number of carbonyl (C=O) groups excluding carboxylic acids is 1. The summed E-state index contributed by atoms with van der Waals surface area (Å²) in [4.78, 5) is 15.3. The second kappa shape index (κ2) is 8.03. The number of allylic oxidation sites excluding steroid dienone is 3. The average Bonchev–Trinajstić information content (AvgIpc) is 2.72. The van der Waals surface area contributed by atoms with Crippen LogP contribution in [0.25, 0.3) is 0 Å². The van der Waals surface area contributed by atoms with E-state index in [1.54, 1.807) is 18.2 Å². The first-order valence-electron chi connectivity index (χ1n) is 10.3. The van der Waals surface area contributed by atoms with Crippen molar-refractivity contribution >= 4 is 27.4 Å². The maximum absolute atomic E-state index is 13.5. The highest BCUT2D eigenvalue weighted by Crippen LogP contribution is 2.50. The number of benzene rings is 2. The van der Waals surface area contributed by atoms with Gasteiger partial charge >= 0.3 is 0 Å². The van der Waals surface area contributed by atoms with Crippen molar-refractivity contribution < 1.29 is 14.6 Å². The number of phenolic OH excluding ortho intramolecular Hbond substituents is 1. The van der Waals surface area contributed by atoms with Gasteiger partial charge in [0.15, 0.2) is 17.3 Å². The smallest absolute Gasteiger partial charge is 0.162 e. The van der Waals surface area contributed by atoms with Crippen LogP contribution in [-0.4, -0.2) is 18.0 Å². The van der Waals surface area contributed by atoms with Gasteiger partial charge in [0.1, 0.15) is 5.82 Å². The Hall–Kier alpha value is -3.24. The molecule has 0 radical (unpaired) electrons. The van der Waals surface area contributed by atoms with E-state index in [2.05, 4.69) is 35.8 Å². The minimum Gasteiger partial charge on any atom is -0.504 e. The van der Waals surface area contributed by atoms with Crippen LogP contribution in [0.2, 0.25) is 0 Å². The Morgan fingerprint density at radius 2 is 2.00 bits per heavy atom. The second-order valence-electron chi connectivity index (χ2n) is 8.89. The number of nitriles is 1. The molecular formula is C25H24BrN3O3. The van der Waals surface area contributed by atoms with Crippen LogP contribution < -0.4 is 15.4 Å². The molecule has 1 unspecified atom stereocenters. The lowest BCUT2D eigenvalue weighted by Crippen LogP contribution is -2.42. The van der Waals surface area contributed by atoms with E-state index in [1.165, 1.54) is 7.11 Å². The van der Waals surface area contributed by atoms with Crippen molar-refractivity contribution in [2.45, 2.75) is 32.6 Å². The van der Waals surface area contributed by atoms with Crippen LogP contribution >= 0.6 is 15.9 Å². The van der Waals surface area contributed by atoms with Gasteiger partial charge in [-0.15, -0.1) is 0 Å². The van der Waals surface area contributed by atoms with Gasteiger partial charge in [-0.05, 0) is 47.7 Å². The van der Waals surface area contributed by atoms with Gasteiger partial charge < -0.3 is 15.6 Å². The van der Waals surface area contributed by atoms with E-state index in [0.717, 1.165) is 15.9 Å². The van der Waals surface area contributed by atoms with Gasteiger partial charge in [-0.1, -0.05) is 41.9 Å². The third-order valence-corrected chi connectivity index (χ3v) is 6.48. The molecule has 0 bridgehead atoms. The molecule has 1 aliphatic carbocycles. The number of rotatable bonds is 3. The molecule has 164 valence electrons. The molecule has 2 aliphatic rings. The summed E-state index contributed by atoms with van der Waals surface area (Å²) >= 11 is 3.50. The van der Waals surface area contributed by atoms with Crippen molar-refractivity contribution in [1.82, 2.24) is 0 Å². The van der Waals surface area contributed by atoms with Crippen molar-refractivity contribution in [3.8, 4) is 17.6 Å². The monoisotopic (exact) mass is 493 g/mol. The summed E-state index contributed by atoms with van der Waals surface area (Å²) in [6.45, 7) is 4.11. The fourth-order valence-electron chi connectivity index (χ4n) is 4.64. The predicted molar refractivity (Wildman–Crippen MR) is 126 cm³/mol. The van der Waals surface area contributed by atoms with E-state index >= 15 is 0 Å². The third-order valence-electron chi connectivity index (χ3n) is 5.98. The summed E-state index contributed by atoms with van der Waals surface area (Å²) in [6.07, 6.45) is 0.994. The zero-order chi connectivity index (χ0) is 23.2. The Kier molecular flexibility index (Phi) is 5.51. The van der Waals surface area contributed by atoms with Gasteiger partial charge in [0.25, 0.3) is 0 Å². The molecule has 4 rings (SSSR count). The lowest BCUT2D eigenvalue weighted by Gasteiger charge is -2.43. The number of methoxy groups -OCH3 is 1. The van der Waals surface area contributed by atoms with Crippen LogP contribution in [0.4, 0.5) is 5.69 Å². The van der Waals surface area contributed by atoms with Gasteiger partial charge in [0.05, 0.1) is 24.7 Å². The molecule has 0 aromatic heterocycles. The van der Waals surface area contributed by atoms with Gasteiger partial charge in [0, 0.05) is 27.9 Å². The second-order valence-corrected chi connectivity index (χ2v) is 9.81. The molecule has 1 atom stereocenters. The van der Waals surface area contributed by atoms with Gasteiger partial charge in [-0.25, -0.2) is 0 Å². The Morgan fingerprint density at radius 1 is 1.25 bits per heavy atom. The quantitative estimate of drug-likeness (QED) is 0.616. The Bertz CT molecular complexity index is 1220. The molecule has 0 spiro atoms. The fraction of sp³-hybridized carbons (Fsp3) is 0.280. The number of phenols is 1. The highest BCUT2D eigenvalue weighted by atomic mass is 79.9. The molecule has 0 fully saturated rings. The van der Waals surface area contributed by atoms with E-state index in [-0.39, 0.29) is 28.3 Å². The van der Waals surface area contributed by atoms with Crippen molar-refractivity contribution in [3.63, 3.8) is 0 Å². The molecule has 6 nitrogen and oxygen atoms in total. The van der Waals surface area contributed by atoms with Crippen molar-refractivity contribution in [2.24, 2.45) is 11.1 Å². The summed E-state index contributed by atoms with van der Waals surface area (Å²) in [6, 6.07) is 14.8. The predicted octanol–water partition coefficient (Wildman–Crippen LogP) is 5.10. The Balaban J connectivity index is 1.99. The number of nitrogens with zero attached hydrogens (tertiary/aromatic N) is 2. The van der Waals surface area contributed by atoms with Crippen LogP contribution in [0.1, 0.15) is 38.2 Å². The summed E-state index contributed by atoms with van der Waals surface area (Å²) in [7, 11) is 1.47. The molecule has 0 saturated heterocycles. The standard InChI is InChI=1S/C25H24BrN3O3/c1-25(2)11-18-23(20(31)12-25)22(14-7-8-21(32-3)19(30)9-14)17(13-27)24(28)29(18)16-6-4-5-15(26)10-16/h4-10,22,30H,11-12,28H2,1-3H3. The van der Waals surface area contributed by atoms with E-state index < -0.39 is 5.92 Å². The minimum atomic E-state index is -0.654. The van der Waals surface area contributed by atoms with E-state index in [9.17, 15) is 15.2 Å². The number of aromatic hydroxyl groups is 1. The average molecular weight is 494 g/mol. The number of anilines is 1. The van der Waals surface area contributed by atoms with E-state index in [1.807, 2.05) is 29.2 Å². The Labute approximate surface area is 195 Å². The largest absolute Gasteiger partial charge is 0.504 e. The molecule has 2 aromatic carbocycles. The zero-order valence-electron chi connectivity index (χ0n) is 18.1. The third kappa shape index (κ3) is 3.65. The maximum Gasteiger partial charge on any atom is 0.162 e. The number of carbonyl (C=O) groups is 1. The van der Waals surface area contributed by atoms with Crippen LogP contribution in [-0.2, 0) is 4.79 Å². The van der Waals surface area contributed by atoms with Crippen LogP contribution in [0.3, 0.4) is 0 Å². The highest BCUT2D eigenvalue weighted by molar-refractivity contribution is 9.10. The Morgan fingerprint density at radius 3 is 2.62 bits per heavy atom. The number of hydrogen-bond acceptors (Lipinski definition) is 6. The lowest BCUT2D eigenvalue weighted by atomic mass is 9.68. The van der Waals surface area contributed by atoms with Gasteiger partial charge in [-0.2, -0.15) is 5.26 Å².